The van der Waals surface area contributed by atoms with E-state index in [1.807, 2.05) is 24.3 Å². The third-order valence-electron chi connectivity index (χ3n) is 3.18. The van der Waals surface area contributed by atoms with E-state index in [9.17, 15) is 8.42 Å². The fraction of sp³-hybridized carbons (Fsp3) is 0.0588. The predicted octanol–water partition coefficient (Wildman–Crippen LogP) is 3.68. The number of rotatable bonds is 3. The molecule has 3 aromatic rings. The average Bonchev–Trinajstić information content (AvgIpc) is 2.45. The minimum absolute atomic E-state index is 0.541. The lowest BCUT2D eigenvalue weighted by molar-refractivity contribution is 0.607. The quantitative estimate of drug-likeness (QED) is 0.801. The number of anilines is 1. The molecule has 4 heteroatoms. The number of nitrogens with one attached hydrogen (secondary N) is 1. The van der Waals surface area contributed by atoms with Gasteiger partial charge in [-0.15, -0.1) is 0 Å². The van der Waals surface area contributed by atoms with E-state index in [1.165, 1.54) is 0 Å². The van der Waals surface area contributed by atoms with E-state index in [1.54, 1.807) is 18.2 Å². The van der Waals surface area contributed by atoms with Crippen molar-refractivity contribution in [2.45, 2.75) is 0 Å². The molecule has 0 spiro atoms. The van der Waals surface area contributed by atoms with Gasteiger partial charge < -0.3 is 0 Å². The first-order valence-corrected chi connectivity index (χ1v) is 8.40. The molecule has 1 N–H and O–H groups in total. The Hall–Kier alpha value is -2.33. The van der Waals surface area contributed by atoms with Crippen molar-refractivity contribution >= 4 is 26.5 Å². The van der Waals surface area contributed by atoms with Crippen molar-refractivity contribution in [3.05, 3.63) is 66.7 Å². The van der Waals surface area contributed by atoms with Crippen LogP contribution in [0.4, 0.5) is 5.69 Å². The summed E-state index contributed by atoms with van der Waals surface area (Å²) in [5.41, 5.74) is 2.44. The zero-order chi connectivity index (χ0) is 14.9. The van der Waals surface area contributed by atoms with E-state index in [4.69, 9.17) is 0 Å². The highest BCUT2D eigenvalue weighted by atomic mass is 32.2. The first-order valence-electron chi connectivity index (χ1n) is 6.51. The summed E-state index contributed by atoms with van der Waals surface area (Å²) in [7, 11) is -3.28. The molecule has 1 radical (unpaired) electrons. The standard InChI is InChI=1S/C17H14NO2S/c1-21(19,20)18-15-9-4-8-14(12-15)17-11-5-7-13-6-2-3-10-16(13)17/h2-7,9-12,18H,1H3. The highest BCUT2D eigenvalue weighted by Crippen LogP contribution is 2.29. The van der Waals surface area contributed by atoms with Crippen molar-refractivity contribution in [1.82, 2.24) is 0 Å². The normalized spacial score (nSPS) is 11.5. The number of hydrogen-bond acceptors (Lipinski definition) is 2. The maximum atomic E-state index is 11.3. The van der Waals surface area contributed by atoms with E-state index in [0.717, 1.165) is 28.2 Å². The molecule has 3 rings (SSSR count). The smallest absolute Gasteiger partial charge is 0.229 e. The molecule has 105 valence electrons. The SMILES string of the molecule is CS(=O)(=O)Nc1cc[c]c(-c2cccc3ccccc23)c1. The van der Waals surface area contributed by atoms with Gasteiger partial charge in [-0.1, -0.05) is 48.5 Å². The average molecular weight is 296 g/mol. The van der Waals surface area contributed by atoms with Crippen LogP contribution in [0.25, 0.3) is 21.9 Å². The van der Waals surface area contributed by atoms with Gasteiger partial charge in [0.25, 0.3) is 0 Å². The summed E-state index contributed by atoms with van der Waals surface area (Å²) in [5, 5.41) is 2.26. The minimum Gasteiger partial charge on any atom is -0.284 e. The molecule has 0 aliphatic rings. The summed E-state index contributed by atoms with van der Waals surface area (Å²) in [6.45, 7) is 0. The van der Waals surface area contributed by atoms with Crippen molar-refractivity contribution < 1.29 is 8.42 Å². The van der Waals surface area contributed by atoms with Crippen LogP contribution in [0.3, 0.4) is 0 Å². The Balaban J connectivity index is 2.13. The number of benzene rings is 3. The Morgan fingerprint density at radius 3 is 2.57 bits per heavy atom. The van der Waals surface area contributed by atoms with Crippen LogP contribution in [-0.4, -0.2) is 14.7 Å². The number of sulfonamides is 1. The molecule has 0 aliphatic heterocycles. The fourth-order valence-electron chi connectivity index (χ4n) is 2.36. The van der Waals surface area contributed by atoms with Crippen LogP contribution in [0.15, 0.2) is 60.7 Å². The van der Waals surface area contributed by atoms with Crippen molar-refractivity contribution in [2.24, 2.45) is 0 Å². The van der Waals surface area contributed by atoms with E-state index in [0.29, 0.717) is 5.69 Å². The van der Waals surface area contributed by atoms with Gasteiger partial charge in [0.2, 0.25) is 10.0 Å². The fourth-order valence-corrected chi connectivity index (χ4v) is 2.91. The second-order valence-electron chi connectivity index (χ2n) is 4.89. The Bertz CT molecular complexity index is 896. The summed E-state index contributed by atoms with van der Waals surface area (Å²) in [6, 6.07) is 22.5. The molecule has 0 bridgehead atoms. The minimum atomic E-state index is -3.28. The van der Waals surface area contributed by atoms with Gasteiger partial charge in [0, 0.05) is 5.69 Å². The lowest BCUT2D eigenvalue weighted by atomic mass is 9.98. The monoisotopic (exact) mass is 296 g/mol. The number of fused-ring (bicyclic) bond motifs is 1. The van der Waals surface area contributed by atoms with Gasteiger partial charge in [-0.25, -0.2) is 8.42 Å². The van der Waals surface area contributed by atoms with E-state index in [2.05, 4.69) is 29.0 Å². The van der Waals surface area contributed by atoms with Gasteiger partial charge in [-0.2, -0.15) is 0 Å². The maximum absolute atomic E-state index is 11.3. The maximum Gasteiger partial charge on any atom is 0.229 e. The Morgan fingerprint density at radius 2 is 1.76 bits per heavy atom. The van der Waals surface area contributed by atoms with Crippen LogP contribution in [0.2, 0.25) is 0 Å². The predicted molar refractivity (Wildman–Crippen MR) is 86.7 cm³/mol. The molecular formula is C17H14NO2S. The lowest BCUT2D eigenvalue weighted by Crippen LogP contribution is -2.09. The van der Waals surface area contributed by atoms with Crippen LogP contribution < -0.4 is 4.72 Å². The Kier molecular flexibility index (Phi) is 3.39. The highest BCUT2D eigenvalue weighted by molar-refractivity contribution is 7.92. The van der Waals surface area contributed by atoms with Gasteiger partial charge >= 0.3 is 0 Å². The van der Waals surface area contributed by atoms with Crippen molar-refractivity contribution in [1.29, 1.82) is 0 Å². The van der Waals surface area contributed by atoms with Crippen LogP contribution in [0.1, 0.15) is 0 Å². The lowest BCUT2D eigenvalue weighted by Gasteiger charge is -2.09. The molecule has 0 amide bonds. The molecule has 0 atom stereocenters. The highest BCUT2D eigenvalue weighted by Gasteiger charge is 2.06. The van der Waals surface area contributed by atoms with Crippen LogP contribution in [-0.2, 0) is 10.0 Å². The molecule has 0 saturated heterocycles. The Morgan fingerprint density at radius 1 is 1.00 bits per heavy atom. The molecule has 0 unspecified atom stereocenters. The zero-order valence-corrected chi connectivity index (χ0v) is 12.3. The van der Waals surface area contributed by atoms with Crippen molar-refractivity contribution in [2.75, 3.05) is 11.0 Å². The van der Waals surface area contributed by atoms with E-state index < -0.39 is 10.0 Å². The molecule has 3 nitrogen and oxygen atoms in total. The second-order valence-corrected chi connectivity index (χ2v) is 6.64. The first kappa shape index (κ1) is 13.6. The largest absolute Gasteiger partial charge is 0.284 e. The Labute approximate surface area is 124 Å². The third-order valence-corrected chi connectivity index (χ3v) is 3.79. The van der Waals surface area contributed by atoms with Gasteiger partial charge in [0.1, 0.15) is 0 Å². The molecule has 0 saturated carbocycles. The molecule has 0 aromatic heterocycles. The summed E-state index contributed by atoms with van der Waals surface area (Å²) in [5.74, 6) is 0. The van der Waals surface area contributed by atoms with Crippen LogP contribution in [0, 0.1) is 6.07 Å². The van der Waals surface area contributed by atoms with E-state index in [-0.39, 0.29) is 0 Å². The van der Waals surface area contributed by atoms with Crippen molar-refractivity contribution in [3.8, 4) is 11.1 Å². The van der Waals surface area contributed by atoms with Gasteiger partial charge in [0.15, 0.2) is 0 Å². The summed E-state index contributed by atoms with van der Waals surface area (Å²) >= 11 is 0. The molecule has 0 heterocycles. The van der Waals surface area contributed by atoms with E-state index >= 15 is 0 Å². The summed E-state index contributed by atoms with van der Waals surface area (Å²) in [6.07, 6.45) is 1.14. The molecule has 21 heavy (non-hydrogen) atoms. The first-order chi connectivity index (χ1) is 10.0. The number of hydrogen-bond donors (Lipinski definition) is 1. The zero-order valence-electron chi connectivity index (χ0n) is 11.5. The van der Waals surface area contributed by atoms with Crippen LogP contribution >= 0.6 is 0 Å². The molecule has 3 aromatic carbocycles. The summed E-state index contributed by atoms with van der Waals surface area (Å²) < 4.78 is 25.2. The van der Waals surface area contributed by atoms with Crippen molar-refractivity contribution in [3.63, 3.8) is 0 Å². The van der Waals surface area contributed by atoms with Gasteiger partial charge in [0.05, 0.1) is 6.26 Å². The molecule has 0 fully saturated rings. The van der Waals surface area contributed by atoms with Crippen LogP contribution in [0.5, 0.6) is 0 Å². The van der Waals surface area contributed by atoms with Gasteiger partial charge in [-0.05, 0) is 40.1 Å². The topological polar surface area (TPSA) is 46.2 Å². The molecule has 0 aliphatic carbocycles. The second kappa shape index (κ2) is 5.22. The van der Waals surface area contributed by atoms with Gasteiger partial charge in [-0.3, -0.25) is 4.72 Å². The third kappa shape index (κ3) is 3.06. The molecular weight excluding hydrogens is 282 g/mol. The summed E-state index contributed by atoms with van der Waals surface area (Å²) in [4.78, 5) is 0.